The molecule has 6 nitrogen and oxygen atoms in total. The third-order valence-corrected chi connectivity index (χ3v) is 5.33. The van der Waals surface area contributed by atoms with Gasteiger partial charge >= 0.3 is 0 Å². The summed E-state index contributed by atoms with van der Waals surface area (Å²) in [4.78, 5) is 5.06. The van der Waals surface area contributed by atoms with Gasteiger partial charge in [-0.15, -0.1) is 11.3 Å². The van der Waals surface area contributed by atoms with Gasteiger partial charge in [-0.05, 0) is 39.9 Å². The van der Waals surface area contributed by atoms with Crippen LogP contribution < -0.4 is 16.0 Å². The predicted octanol–water partition coefficient (Wildman–Crippen LogP) is 1.71. The van der Waals surface area contributed by atoms with Crippen molar-refractivity contribution in [1.82, 2.24) is 9.71 Å². The molecule has 20 heavy (non-hydrogen) atoms. The van der Waals surface area contributed by atoms with Gasteiger partial charge in [0.15, 0.2) is 5.82 Å². The van der Waals surface area contributed by atoms with Crippen LogP contribution >= 0.6 is 27.3 Å². The van der Waals surface area contributed by atoms with E-state index in [0.717, 1.165) is 4.88 Å². The Balaban J connectivity index is 2.11. The SMILES string of the molecule is NNc1ncc(Br)cc1S(=O)(=O)NCCc1cccs1. The molecule has 0 fully saturated rings. The van der Waals surface area contributed by atoms with Crippen LogP contribution in [-0.4, -0.2) is 19.9 Å². The first kappa shape index (κ1) is 15.4. The molecule has 2 aromatic rings. The van der Waals surface area contributed by atoms with Crippen LogP contribution in [-0.2, 0) is 16.4 Å². The number of aromatic nitrogens is 1. The molecule has 0 saturated heterocycles. The van der Waals surface area contributed by atoms with Crippen molar-refractivity contribution < 1.29 is 8.42 Å². The first-order valence-corrected chi connectivity index (χ1v) is 8.83. The molecule has 2 aromatic heterocycles. The summed E-state index contributed by atoms with van der Waals surface area (Å²) in [6.45, 7) is 0.319. The van der Waals surface area contributed by atoms with Gasteiger partial charge in [0.05, 0.1) is 0 Å². The Morgan fingerprint density at radius 1 is 1.45 bits per heavy atom. The minimum Gasteiger partial charge on any atom is -0.307 e. The molecule has 0 aromatic carbocycles. The van der Waals surface area contributed by atoms with E-state index < -0.39 is 10.0 Å². The Morgan fingerprint density at radius 2 is 2.25 bits per heavy atom. The summed E-state index contributed by atoms with van der Waals surface area (Å²) >= 11 is 4.79. The summed E-state index contributed by atoms with van der Waals surface area (Å²) in [7, 11) is -3.66. The van der Waals surface area contributed by atoms with Gasteiger partial charge in [0.25, 0.3) is 0 Å². The first-order valence-electron chi connectivity index (χ1n) is 5.67. The molecule has 0 amide bonds. The Labute approximate surface area is 129 Å². The number of thiophene rings is 1. The van der Waals surface area contributed by atoms with Gasteiger partial charge in [-0.1, -0.05) is 6.07 Å². The fourth-order valence-corrected chi connectivity index (χ4v) is 3.94. The van der Waals surface area contributed by atoms with Gasteiger partial charge in [0.1, 0.15) is 4.90 Å². The molecule has 2 heterocycles. The van der Waals surface area contributed by atoms with Crippen LogP contribution in [0.2, 0.25) is 0 Å². The number of nitrogen functional groups attached to an aromatic ring is 1. The zero-order valence-corrected chi connectivity index (χ0v) is 13.6. The number of hydrogen-bond donors (Lipinski definition) is 3. The maximum atomic E-state index is 12.2. The van der Waals surface area contributed by atoms with E-state index in [9.17, 15) is 8.42 Å². The lowest BCUT2D eigenvalue weighted by molar-refractivity contribution is 0.581. The van der Waals surface area contributed by atoms with Crippen molar-refractivity contribution in [3.05, 3.63) is 39.1 Å². The molecule has 0 radical (unpaired) electrons. The second kappa shape index (κ2) is 6.64. The van der Waals surface area contributed by atoms with Gasteiger partial charge in [0, 0.05) is 22.1 Å². The van der Waals surface area contributed by atoms with Crippen LogP contribution in [0.4, 0.5) is 5.82 Å². The average molecular weight is 377 g/mol. The summed E-state index contributed by atoms with van der Waals surface area (Å²) in [5.74, 6) is 5.39. The summed E-state index contributed by atoms with van der Waals surface area (Å²) in [6, 6.07) is 5.35. The van der Waals surface area contributed by atoms with Crippen molar-refractivity contribution in [2.75, 3.05) is 12.0 Å². The zero-order chi connectivity index (χ0) is 14.6. The molecule has 0 aliphatic carbocycles. The lowest BCUT2D eigenvalue weighted by atomic mass is 10.3. The predicted molar refractivity (Wildman–Crippen MR) is 83.0 cm³/mol. The third kappa shape index (κ3) is 3.76. The molecule has 9 heteroatoms. The number of sulfonamides is 1. The van der Waals surface area contributed by atoms with Crippen molar-refractivity contribution in [2.24, 2.45) is 5.84 Å². The number of rotatable bonds is 6. The molecule has 0 spiro atoms. The van der Waals surface area contributed by atoms with E-state index >= 15 is 0 Å². The molecule has 0 aliphatic rings. The molecular formula is C11H13BrN4O2S2. The van der Waals surface area contributed by atoms with E-state index in [1.54, 1.807) is 11.3 Å². The first-order chi connectivity index (χ1) is 9.53. The molecule has 0 aliphatic heterocycles. The molecule has 0 bridgehead atoms. The van der Waals surface area contributed by atoms with Crippen molar-refractivity contribution >= 4 is 43.1 Å². The Kier molecular flexibility index (Phi) is 5.11. The minimum atomic E-state index is -3.66. The number of hydrogen-bond acceptors (Lipinski definition) is 6. The second-order valence-corrected chi connectivity index (χ2v) is 7.56. The third-order valence-electron chi connectivity index (χ3n) is 2.49. The zero-order valence-electron chi connectivity index (χ0n) is 10.3. The van der Waals surface area contributed by atoms with Crippen molar-refractivity contribution in [3.63, 3.8) is 0 Å². The highest BCUT2D eigenvalue weighted by Crippen LogP contribution is 2.22. The van der Waals surface area contributed by atoms with Gasteiger partial charge in [0.2, 0.25) is 10.0 Å². The summed E-state index contributed by atoms with van der Waals surface area (Å²) in [5, 5.41) is 1.96. The van der Waals surface area contributed by atoms with E-state index in [1.165, 1.54) is 12.3 Å². The van der Waals surface area contributed by atoms with Crippen molar-refractivity contribution in [3.8, 4) is 0 Å². The van der Waals surface area contributed by atoms with Gasteiger partial charge in [-0.2, -0.15) is 0 Å². The van der Waals surface area contributed by atoms with Gasteiger partial charge < -0.3 is 5.43 Å². The summed E-state index contributed by atoms with van der Waals surface area (Å²) < 4.78 is 27.6. The standard InChI is InChI=1S/C11H13BrN4O2S2/c12-8-6-10(11(16-13)14-7-8)20(17,18)15-4-3-9-2-1-5-19-9/h1-2,5-7,15H,3-4,13H2,(H,14,16). The number of nitrogens with two attached hydrogens (primary N) is 1. The number of halogens is 1. The fourth-order valence-electron chi connectivity index (χ4n) is 1.58. The van der Waals surface area contributed by atoms with Crippen LogP contribution in [0.1, 0.15) is 4.88 Å². The van der Waals surface area contributed by atoms with Crippen molar-refractivity contribution in [2.45, 2.75) is 11.3 Å². The van der Waals surface area contributed by atoms with Gasteiger partial charge in [-0.3, -0.25) is 0 Å². The minimum absolute atomic E-state index is 0.0144. The largest absolute Gasteiger partial charge is 0.307 e. The topological polar surface area (TPSA) is 97.1 Å². The Morgan fingerprint density at radius 3 is 2.90 bits per heavy atom. The Hall–Kier alpha value is -1.00. The number of anilines is 1. The number of pyridine rings is 1. The van der Waals surface area contributed by atoms with E-state index in [-0.39, 0.29) is 10.7 Å². The smallest absolute Gasteiger partial charge is 0.244 e. The monoisotopic (exact) mass is 376 g/mol. The normalized spacial score (nSPS) is 11.5. The van der Waals surface area contributed by atoms with E-state index in [2.05, 4.69) is 31.1 Å². The molecule has 0 unspecified atom stereocenters. The van der Waals surface area contributed by atoms with Crippen LogP contribution in [0.15, 0.2) is 39.1 Å². The number of nitrogens with one attached hydrogen (secondary N) is 2. The van der Waals surface area contributed by atoms with Crippen LogP contribution in [0.25, 0.3) is 0 Å². The average Bonchev–Trinajstić information content (AvgIpc) is 2.91. The quantitative estimate of drug-likeness (QED) is 0.526. The maximum absolute atomic E-state index is 12.2. The fraction of sp³-hybridized carbons (Fsp3) is 0.182. The number of hydrazine groups is 1. The van der Waals surface area contributed by atoms with E-state index in [1.807, 2.05) is 17.5 Å². The molecule has 0 atom stereocenters. The number of nitrogens with zero attached hydrogens (tertiary/aromatic N) is 1. The Bertz CT molecular complexity index is 674. The lowest BCUT2D eigenvalue weighted by Gasteiger charge is -2.10. The maximum Gasteiger partial charge on any atom is 0.244 e. The van der Waals surface area contributed by atoms with Gasteiger partial charge in [-0.25, -0.2) is 24.0 Å². The highest BCUT2D eigenvalue weighted by Gasteiger charge is 2.19. The molecular weight excluding hydrogens is 364 g/mol. The highest BCUT2D eigenvalue weighted by molar-refractivity contribution is 9.10. The van der Waals surface area contributed by atoms with Crippen LogP contribution in [0, 0.1) is 0 Å². The van der Waals surface area contributed by atoms with E-state index in [0.29, 0.717) is 17.4 Å². The summed E-state index contributed by atoms with van der Waals surface area (Å²) in [5.41, 5.74) is 2.28. The van der Waals surface area contributed by atoms with E-state index in [4.69, 9.17) is 5.84 Å². The van der Waals surface area contributed by atoms with Crippen molar-refractivity contribution in [1.29, 1.82) is 0 Å². The molecule has 4 N–H and O–H groups in total. The highest BCUT2D eigenvalue weighted by atomic mass is 79.9. The molecule has 0 saturated carbocycles. The molecule has 2 rings (SSSR count). The second-order valence-electron chi connectivity index (χ2n) is 3.87. The van der Waals surface area contributed by atoms with Crippen LogP contribution in [0.5, 0.6) is 0 Å². The summed E-state index contributed by atoms with van der Waals surface area (Å²) in [6.07, 6.45) is 2.11. The van der Waals surface area contributed by atoms with Crippen LogP contribution in [0.3, 0.4) is 0 Å². The lowest BCUT2D eigenvalue weighted by Crippen LogP contribution is -2.27. The molecule has 108 valence electrons.